The van der Waals surface area contributed by atoms with Gasteiger partial charge in [0, 0.05) is 44.2 Å². The van der Waals surface area contributed by atoms with Crippen molar-refractivity contribution in [3.05, 3.63) is 42.0 Å². The summed E-state index contributed by atoms with van der Waals surface area (Å²) in [5, 5.41) is 12.1. The van der Waals surface area contributed by atoms with Crippen molar-refractivity contribution in [3.8, 4) is 6.07 Å². The molecular weight excluding hydrogens is 472 g/mol. The zero-order valence-corrected chi connectivity index (χ0v) is 21.3. The third-order valence-electron chi connectivity index (χ3n) is 7.91. The summed E-state index contributed by atoms with van der Waals surface area (Å²) in [5.74, 6) is 1.42. The number of hydrogen-bond donors (Lipinski definition) is 1. The minimum Gasteiger partial charge on any atom is -0.378 e. The van der Waals surface area contributed by atoms with E-state index in [1.807, 2.05) is 30.3 Å². The monoisotopic (exact) mass is 504 g/mol. The average molecular weight is 505 g/mol. The van der Waals surface area contributed by atoms with Gasteiger partial charge in [-0.15, -0.1) is 0 Å². The largest absolute Gasteiger partial charge is 0.378 e. The van der Waals surface area contributed by atoms with Crippen molar-refractivity contribution in [3.63, 3.8) is 0 Å². The minimum atomic E-state index is -0.131. The van der Waals surface area contributed by atoms with Gasteiger partial charge in [0.05, 0.1) is 36.5 Å². The second-order valence-electron chi connectivity index (χ2n) is 10.4. The zero-order valence-electron chi connectivity index (χ0n) is 20.5. The molecule has 2 aromatic rings. The molecule has 4 aliphatic rings. The van der Waals surface area contributed by atoms with E-state index in [1.165, 1.54) is 25.7 Å². The number of carbonyl (C=O) groups excluding carboxylic acids is 1. The Bertz CT molecular complexity index is 1160. The van der Waals surface area contributed by atoms with E-state index >= 15 is 0 Å². The van der Waals surface area contributed by atoms with E-state index in [0.29, 0.717) is 30.0 Å². The first-order valence-electron chi connectivity index (χ1n) is 12.9. The molecule has 1 amide bonds. The van der Waals surface area contributed by atoms with Crippen molar-refractivity contribution >= 4 is 35.2 Å². The standard InChI is InChI=1S/C27H32N6O2S/c28-17-20-18-33(19-20)36-21-4-5-22(23(16-21)31-10-8-27(6-7-27)9-11-31)26(34)30-24-2-1-3-25(29-24)32-12-14-35-15-13-32/h1-5,16,20H,6-15,18-19H2,(H,29,30,34). The normalized spacial score (nSPS) is 21.6. The summed E-state index contributed by atoms with van der Waals surface area (Å²) in [6.45, 7) is 6.53. The first-order valence-corrected chi connectivity index (χ1v) is 13.7. The van der Waals surface area contributed by atoms with Gasteiger partial charge in [0.15, 0.2) is 0 Å². The van der Waals surface area contributed by atoms with Crippen LogP contribution in [0.4, 0.5) is 17.3 Å². The van der Waals surface area contributed by atoms with Gasteiger partial charge in [-0.05, 0) is 73.4 Å². The van der Waals surface area contributed by atoms with Crippen LogP contribution in [0.5, 0.6) is 0 Å². The molecule has 1 aliphatic carbocycles. The van der Waals surface area contributed by atoms with Crippen LogP contribution >= 0.6 is 11.9 Å². The molecule has 4 heterocycles. The summed E-state index contributed by atoms with van der Waals surface area (Å²) in [6, 6.07) is 14.2. The Labute approximate surface area is 216 Å². The average Bonchev–Trinajstić information content (AvgIpc) is 3.65. The number of nitrogens with zero attached hydrogens (tertiary/aromatic N) is 5. The molecule has 3 aliphatic heterocycles. The van der Waals surface area contributed by atoms with Crippen LogP contribution in [0.3, 0.4) is 0 Å². The lowest BCUT2D eigenvalue weighted by molar-refractivity contribution is 0.102. The molecule has 9 heteroatoms. The second-order valence-corrected chi connectivity index (χ2v) is 11.5. The topological polar surface area (TPSA) is 84.7 Å². The summed E-state index contributed by atoms with van der Waals surface area (Å²) < 4.78 is 7.67. The predicted molar refractivity (Wildman–Crippen MR) is 141 cm³/mol. The maximum absolute atomic E-state index is 13.5. The van der Waals surface area contributed by atoms with Gasteiger partial charge in [0.2, 0.25) is 0 Å². The van der Waals surface area contributed by atoms with Gasteiger partial charge in [0.25, 0.3) is 5.91 Å². The summed E-state index contributed by atoms with van der Waals surface area (Å²) in [5.41, 5.74) is 2.25. The fourth-order valence-corrected chi connectivity index (χ4v) is 6.41. The Morgan fingerprint density at radius 2 is 1.83 bits per heavy atom. The SMILES string of the molecule is N#CC1CN(Sc2ccc(C(=O)Nc3cccc(N4CCOCC4)n3)c(N3CCC4(CC3)CC4)c2)C1. The van der Waals surface area contributed by atoms with Crippen molar-refractivity contribution < 1.29 is 9.53 Å². The fourth-order valence-electron chi connectivity index (χ4n) is 5.31. The molecule has 0 radical (unpaired) electrons. The van der Waals surface area contributed by atoms with E-state index in [-0.39, 0.29) is 11.8 Å². The molecule has 6 rings (SSSR count). The molecule has 3 saturated heterocycles. The first kappa shape index (κ1) is 23.6. The second kappa shape index (κ2) is 9.92. The van der Waals surface area contributed by atoms with E-state index in [9.17, 15) is 4.79 Å². The van der Waals surface area contributed by atoms with Gasteiger partial charge >= 0.3 is 0 Å². The third-order valence-corrected chi connectivity index (χ3v) is 8.93. The molecule has 1 saturated carbocycles. The van der Waals surface area contributed by atoms with Crippen molar-refractivity contribution in [1.29, 1.82) is 5.26 Å². The molecule has 1 spiro atoms. The van der Waals surface area contributed by atoms with Gasteiger partial charge in [-0.3, -0.25) is 4.79 Å². The van der Waals surface area contributed by atoms with Crippen LogP contribution in [0.25, 0.3) is 0 Å². The molecule has 0 bridgehead atoms. The number of hydrogen-bond acceptors (Lipinski definition) is 8. The molecule has 188 valence electrons. The van der Waals surface area contributed by atoms with Crippen LogP contribution < -0.4 is 15.1 Å². The molecule has 1 aromatic heterocycles. The van der Waals surface area contributed by atoms with Gasteiger partial charge < -0.3 is 19.9 Å². The number of rotatable bonds is 6. The maximum Gasteiger partial charge on any atom is 0.258 e. The van der Waals surface area contributed by atoms with Crippen molar-refractivity contribution in [2.75, 3.05) is 67.6 Å². The number of benzene rings is 1. The number of nitrogens with one attached hydrogen (secondary N) is 1. The molecule has 0 unspecified atom stereocenters. The quantitative estimate of drug-likeness (QED) is 0.591. The lowest BCUT2D eigenvalue weighted by Crippen LogP contribution is -2.40. The van der Waals surface area contributed by atoms with E-state index in [2.05, 4.69) is 31.6 Å². The van der Waals surface area contributed by atoms with Crippen LogP contribution in [-0.2, 0) is 4.74 Å². The van der Waals surface area contributed by atoms with E-state index in [4.69, 9.17) is 15.0 Å². The summed E-state index contributed by atoms with van der Waals surface area (Å²) >= 11 is 1.68. The number of amides is 1. The third kappa shape index (κ3) is 5.03. The Morgan fingerprint density at radius 1 is 1.06 bits per heavy atom. The highest BCUT2D eigenvalue weighted by atomic mass is 32.2. The number of nitriles is 1. The summed E-state index contributed by atoms with van der Waals surface area (Å²) in [7, 11) is 0. The molecule has 1 N–H and O–H groups in total. The van der Waals surface area contributed by atoms with Crippen LogP contribution in [0.1, 0.15) is 36.0 Å². The van der Waals surface area contributed by atoms with Crippen LogP contribution in [0, 0.1) is 22.7 Å². The lowest BCUT2D eigenvalue weighted by atomic mass is 9.93. The van der Waals surface area contributed by atoms with Crippen LogP contribution in [0.15, 0.2) is 41.3 Å². The Kier molecular flexibility index (Phi) is 6.50. The van der Waals surface area contributed by atoms with E-state index < -0.39 is 0 Å². The van der Waals surface area contributed by atoms with Crippen molar-refractivity contribution in [1.82, 2.24) is 9.29 Å². The number of ether oxygens (including phenoxy) is 1. The highest BCUT2D eigenvalue weighted by Crippen LogP contribution is 2.54. The Morgan fingerprint density at radius 3 is 2.56 bits per heavy atom. The maximum atomic E-state index is 13.5. The number of anilines is 3. The summed E-state index contributed by atoms with van der Waals surface area (Å²) in [4.78, 5) is 23.9. The minimum absolute atomic E-state index is 0.125. The molecule has 1 aromatic carbocycles. The summed E-state index contributed by atoms with van der Waals surface area (Å²) in [6.07, 6.45) is 5.10. The molecule has 8 nitrogen and oxygen atoms in total. The smallest absolute Gasteiger partial charge is 0.258 e. The highest BCUT2D eigenvalue weighted by Gasteiger charge is 2.44. The van der Waals surface area contributed by atoms with Gasteiger partial charge in [-0.2, -0.15) is 5.26 Å². The van der Waals surface area contributed by atoms with Crippen molar-refractivity contribution in [2.24, 2.45) is 11.3 Å². The number of carbonyl (C=O) groups is 1. The first-order chi connectivity index (χ1) is 17.6. The lowest BCUT2D eigenvalue weighted by Gasteiger charge is -2.36. The highest BCUT2D eigenvalue weighted by molar-refractivity contribution is 7.97. The van der Waals surface area contributed by atoms with E-state index in [1.54, 1.807) is 11.9 Å². The number of aromatic nitrogens is 1. The van der Waals surface area contributed by atoms with Gasteiger partial charge in [0.1, 0.15) is 11.6 Å². The predicted octanol–water partition coefficient (Wildman–Crippen LogP) is 4.01. The molecule has 0 atom stereocenters. The molecule has 36 heavy (non-hydrogen) atoms. The fraction of sp³-hybridized carbons (Fsp3) is 0.519. The van der Waals surface area contributed by atoms with E-state index in [0.717, 1.165) is 55.7 Å². The number of pyridine rings is 1. The van der Waals surface area contributed by atoms with Crippen LogP contribution in [0.2, 0.25) is 0 Å². The molecule has 4 fully saturated rings. The Balaban J connectivity index is 1.21. The van der Waals surface area contributed by atoms with Gasteiger partial charge in [-0.1, -0.05) is 6.07 Å². The number of morpholine rings is 1. The van der Waals surface area contributed by atoms with Crippen LogP contribution in [-0.4, -0.2) is 67.7 Å². The molecular formula is C27H32N6O2S. The van der Waals surface area contributed by atoms with Gasteiger partial charge in [-0.25, -0.2) is 9.29 Å². The van der Waals surface area contributed by atoms with Crippen molar-refractivity contribution in [2.45, 2.75) is 30.6 Å². The number of piperidine rings is 1. The zero-order chi connectivity index (χ0) is 24.5. The Hall–Kier alpha value is -2.80.